The third-order valence-electron chi connectivity index (χ3n) is 3.09. The fraction of sp³-hybridized carbons (Fsp3) is 1.00. The van der Waals surface area contributed by atoms with Crippen LogP contribution in [0, 0.1) is 0 Å². The minimum atomic E-state index is -0.161. The number of ether oxygens (including phenoxy) is 1. The van der Waals surface area contributed by atoms with Crippen LogP contribution in [0.15, 0.2) is 0 Å². The van der Waals surface area contributed by atoms with E-state index in [1.807, 2.05) is 0 Å². The average Bonchev–Trinajstić information content (AvgIpc) is 2.23. The van der Waals surface area contributed by atoms with Crippen LogP contribution in [-0.2, 0) is 4.74 Å². The summed E-state index contributed by atoms with van der Waals surface area (Å²) in [5.74, 6) is 0. The van der Waals surface area contributed by atoms with Crippen LogP contribution < -0.4 is 5.43 Å². The molecule has 0 aromatic rings. The minimum Gasteiger partial charge on any atom is -0.391 e. The number of aliphatic hydroxyl groups is 1. The Morgan fingerprint density at radius 1 is 1.14 bits per heavy atom. The van der Waals surface area contributed by atoms with Crippen molar-refractivity contribution in [2.75, 3.05) is 26.3 Å². The van der Waals surface area contributed by atoms with E-state index in [4.69, 9.17) is 4.74 Å². The summed E-state index contributed by atoms with van der Waals surface area (Å²) in [6.07, 6.45) is 4.29. The number of hydrazine groups is 1. The Morgan fingerprint density at radius 3 is 2.57 bits per heavy atom. The van der Waals surface area contributed by atoms with Crippen molar-refractivity contribution in [2.24, 2.45) is 0 Å². The highest BCUT2D eigenvalue weighted by atomic mass is 16.5. The first kappa shape index (κ1) is 10.4. The number of morpholine rings is 1. The maximum absolute atomic E-state index is 9.78. The fourth-order valence-corrected chi connectivity index (χ4v) is 2.19. The van der Waals surface area contributed by atoms with Crippen molar-refractivity contribution in [3.8, 4) is 0 Å². The molecule has 1 aliphatic heterocycles. The second-order valence-electron chi connectivity index (χ2n) is 4.19. The molecule has 2 fully saturated rings. The van der Waals surface area contributed by atoms with E-state index in [1.54, 1.807) is 0 Å². The standard InChI is InChI=1S/C10H20N2O2/c13-10-4-2-1-3-9(10)11-12-5-7-14-8-6-12/h9-11,13H,1-8H2/t9-,10-/m0/s1. The van der Waals surface area contributed by atoms with Crippen LogP contribution in [0.4, 0.5) is 0 Å². The van der Waals surface area contributed by atoms with Gasteiger partial charge < -0.3 is 9.84 Å². The van der Waals surface area contributed by atoms with Gasteiger partial charge in [-0.05, 0) is 12.8 Å². The van der Waals surface area contributed by atoms with Gasteiger partial charge in [-0.25, -0.2) is 10.4 Å². The van der Waals surface area contributed by atoms with Gasteiger partial charge >= 0.3 is 0 Å². The molecule has 0 bridgehead atoms. The van der Waals surface area contributed by atoms with Gasteiger partial charge in [0.15, 0.2) is 0 Å². The maximum Gasteiger partial charge on any atom is 0.0706 e. The molecule has 4 nitrogen and oxygen atoms in total. The largest absolute Gasteiger partial charge is 0.391 e. The summed E-state index contributed by atoms with van der Waals surface area (Å²) in [5, 5.41) is 12.0. The molecule has 0 radical (unpaired) electrons. The zero-order chi connectivity index (χ0) is 9.80. The minimum absolute atomic E-state index is 0.161. The smallest absolute Gasteiger partial charge is 0.0706 e. The topological polar surface area (TPSA) is 44.7 Å². The first-order valence-corrected chi connectivity index (χ1v) is 5.63. The lowest BCUT2D eigenvalue weighted by atomic mass is 9.93. The summed E-state index contributed by atoms with van der Waals surface area (Å²) in [6.45, 7) is 3.47. The number of hydrogen-bond donors (Lipinski definition) is 2. The van der Waals surface area contributed by atoms with Crippen molar-refractivity contribution in [3.63, 3.8) is 0 Å². The zero-order valence-corrected chi connectivity index (χ0v) is 8.61. The van der Waals surface area contributed by atoms with Gasteiger partial charge in [0.1, 0.15) is 0 Å². The maximum atomic E-state index is 9.78. The first-order valence-electron chi connectivity index (χ1n) is 5.63. The van der Waals surface area contributed by atoms with Crippen LogP contribution in [0.1, 0.15) is 25.7 Å². The summed E-state index contributed by atoms with van der Waals surface area (Å²) in [5.41, 5.74) is 3.41. The van der Waals surface area contributed by atoms with Crippen molar-refractivity contribution in [2.45, 2.75) is 37.8 Å². The Labute approximate surface area is 85.2 Å². The molecule has 0 unspecified atom stereocenters. The molecule has 1 saturated carbocycles. The highest BCUT2D eigenvalue weighted by Crippen LogP contribution is 2.18. The molecular weight excluding hydrogens is 180 g/mol. The van der Waals surface area contributed by atoms with Gasteiger partial charge in [0.25, 0.3) is 0 Å². The molecule has 2 atom stereocenters. The predicted molar refractivity (Wildman–Crippen MR) is 53.8 cm³/mol. The lowest BCUT2D eigenvalue weighted by Crippen LogP contribution is -2.54. The van der Waals surface area contributed by atoms with E-state index in [0.717, 1.165) is 39.1 Å². The van der Waals surface area contributed by atoms with Crippen LogP contribution in [-0.4, -0.2) is 48.6 Å². The van der Waals surface area contributed by atoms with Gasteiger partial charge in [-0.2, -0.15) is 0 Å². The quantitative estimate of drug-likeness (QED) is 0.665. The van der Waals surface area contributed by atoms with E-state index in [9.17, 15) is 5.11 Å². The molecular formula is C10H20N2O2. The third-order valence-corrected chi connectivity index (χ3v) is 3.09. The summed E-state index contributed by atoms with van der Waals surface area (Å²) < 4.78 is 5.27. The van der Waals surface area contributed by atoms with E-state index in [2.05, 4.69) is 10.4 Å². The SMILES string of the molecule is O[C@H]1CCCC[C@@H]1NN1CCOCC1. The first-order chi connectivity index (χ1) is 6.86. The molecule has 82 valence electrons. The molecule has 0 amide bonds. The monoisotopic (exact) mass is 200 g/mol. The molecule has 4 heteroatoms. The van der Waals surface area contributed by atoms with E-state index in [-0.39, 0.29) is 12.1 Å². The summed E-state index contributed by atoms with van der Waals surface area (Å²) in [4.78, 5) is 0. The van der Waals surface area contributed by atoms with Gasteiger partial charge in [0.2, 0.25) is 0 Å². The second-order valence-corrected chi connectivity index (χ2v) is 4.19. The van der Waals surface area contributed by atoms with Crippen molar-refractivity contribution in [3.05, 3.63) is 0 Å². The van der Waals surface area contributed by atoms with Gasteiger partial charge in [0, 0.05) is 19.1 Å². The predicted octanol–water partition coefficient (Wildman–Crippen LogP) is 0.127. The number of hydrogen-bond acceptors (Lipinski definition) is 4. The molecule has 0 aromatic heterocycles. The molecule has 14 heavy (non-hydrogen) atoms. The van der Waals surface area contributed by atoms with Crippen molar-refractivity contribution < 1.29 is 9.84 Å². The van der Waals surface area contributed by atoms with Crippen molar-refractivity contribution in [1.82, 2.24) is 10.4 Å². The third kappa shape index (κ3) is 2.67. The van der Waals surface area contributed by atoms with Gasteiger partial charge in [-0.15, -0.1) is 0 Å². The highest BCUT2D eigenvalue weighted by molar-refractivity contribution is 4.79. The molecule has 2 N–H and O–H groups in total. The van der Waals surface area contributed by atoms with Crippen LogP contribution in [0.2, 0.25) is 0 Å². The fourth-order valence-electron chi connectivity index (χ4n) is 2.19. The van der Waals surface area contributed by atoms with Gasteiger partial charge in [-0.3, -0.25) is 0 Å². The molecule has 0 spiro atoms. The van der Waals surface area contributed by atoms with Gasteiger partial charge in [-0.1, -0.05) is 12.8 Å². The Bertz CT molecular complexity index is 172. The Morgan fingerprint density at radius 2 is 1.86 bits per heavy atom. The van der Waals surface area contributed by atoms with Crippen molar-refractivity contribution in [1.29, 1.82) is 0 Å². The highest BCUT2D eigenvalue weighted by Gasteiger charge is 2.25. The summed E-state index contributed by atoms with van der Waals surface area (Å²) >= 11 is 0. The normalized spacial score (nSPS) is 35.8. The van der Waals surface area contributed by atoms with E-state index < -0.39 is 0 Å². The zero-order valence-electron chi connectivity index (χ0n) is 8.61. The van der Waals surface area contributed by atoms with Crippen LogP contribution in [0.25, 0.3) is 0 Å². The van der Waals surface area contributed by atoms with Crippen LogP contribution in [0.5, 0.6) is 0 Å². The number of aliphatic hydroxyl groups excluding tert-OH is 1. The number of nitrogens with one attached hydrogen (secondary N) is 1. The average molecular weight is 200 g/mol. The number of rotatable bonds is 2. The Hall–Kier alpha value is -0.160. The van der Waals surface area contributed by atoms with Crippen LogP contribution in [0.3, 0.4) is 0 Å². The summed E-state index contributed by atoms with van der Waals surface area (Å²) in [7, 11) is 0. The molecule has 2 rings (SSSR count). The lowest BCUT2D eigenvalue weighted by molar-refractivity contribution is -0.0215. The second kappa shape index (κ2) is 5.07. The molecule has 1 aliphatic carbocycles. The lowest BCUT2D eigenvalue weighted by Gasteiger charge is -2.35. The van der Waals surface area contributed by atoms with E-state index >= 15 is 0 Å². The van der Waals surface area contributed by atoms with E-state index in [1.165, 1.54) is 12.8 Å². The van der Waals surface area contributed by atoms with E-state index in [0.29, 0.717) is 0 Å². The molecule has 1 saturated heterocycles. The van der Waals surface area contributed by atoms with Crippen molar-refractivity contribution >= 4 is 0 Å². The molecule has 1 heterocycles. The Balaban J connectivity index is 1.76. The Kier molecular flexibility index (Phi) is 3.75. The van der Waals surface area contributed by atoms with Gasteiger partial charge in [0.05, 0.1) is 19.3 Å². The number of nitrogens with zero attached hydrogens (tertiary/aromatic N) is 1. The van der Waals surface area contributed by atoms with Crippen LogP contribution >= 0.6 is 0 Å². The molecule has 0 aromatic carbocycles. The summed E-state index contributed by atoms with van der Waals surface area (Å²) in [6, 6.07) is 0.266. The molecule has 2 aliphatic rings.